The topological polar surface area (TPSA) is 175 Å². The van der Waals surface area contributed by atoms with Crippen molar-refractivity contribution >= 4 is 33.5 Å². The van der Waals surface area contributed by atoms with Crippen molar-refractivity contribution in [2.45, 2.75) is 48.7 Å². The molecule has 3 aromatic carbocycles. The van der Waals surface area contributed by atoms with Crippen LogP contribution in [-0.2, 0) is 47.0 Å². The van der Waals surface area contributed by atoms with Gasteiger partial charge in [0.2, 0.25) is 21.8 Å². The van der Waals surface area contributed by atoms with Gasteiger partial charge < -0.3 is 24.4 Å². The summed E-state index contributed by atoms with van der Waals surface area (Å²) in [7, 11) is -2.84. The fraction of sp³-hybridized carbons (Fsp3) is 0.286. The Labute approximate surface area is 288 Å². The summed E-state index contributed by atoms with van der Waals surface area (Å²) in [5, 5.41) is 14.2. The number of amides is 2. The average molecular weight is 703 g/mol. The quantitative estimate of drug-likeness (QED) is 0.103. The normalized spacial score (nSPS) is 24.5. The fourth-order valence-electron chi connectivity index (χ4n) is 6.79. The van der Waals surface area contributed by atoms with Crippen LogP contribution in [0.1, 0.15) is 18.1 Å². The van der Waals surface area contributed by atoms with Crippen molar-refractivity contribution in [2.24, 2.45) is 5.92 Å². The highest BCUT2D eigenvalue weighted by molar-refractivity contribution is 7.89. The van der Waals surface area contributed by atoms with Gasteiger partial charge in [-0.25, -0.2) is 8.42 Å². The van der Waals surface area contributed by atoms with Gasteiger partial charge in [-0.2, -0.15) is 4.31 Å². The third-order valence-corrected chi connectivity index (χ3v) is 10.9. The third kappa shape index (κ3) is 6.37. The second-order valence-corrected chi connectivity index (χ2v) is 13.9. The first-order valence-electron chi connectivity index (χ1n) is 15.7. The Morgan fingerprint density at radius 2 is 1.76 bits per heavy atom. The molecule has 14 nitrogen and oxygen atoms in total. The zero-order chi connectivity index (χ0) is 35.6. The Morgan fingerprint density at radius 1 is 1.06 bits per heavy atom. The number of benzene rings is 3. The molecule has 0 unspecified atom stereocenters. The van der Waals surface area contributed by atoms with E-state index in [1.54, 1.807) is 36.4 Å². The van der Waals surface area contributed by atoms with E-state index in [-0.39, 0.29) is 30.2 Å². The third-order valence-electron chi connectivity index (χ3n) is 9.02. The molecule has 0 aromatic heterocycles. The standard InChI is InChI=1S/C35H34N4O10S/c1-23(40)48-20-18-35-30(31-29(49-35)9-6-19-38(31)50(45,46)28-16-12-26(13-17-28)39(43)44)34(42)37(22-25-10-14-27(47-2)15-11-25)32(35)33(41)36-21-24-7-4-3-5-8-24/h3-18,20,29-32H,19,21-22H2,1-2H3,(H,36,41)/b20-18+/t29-,30+,31+,32-,35+/m1/s1. The van der Waals surface area contributed by atoms with Crippen molar-refractivity contribution in [3.8, 4) is 5.75 Å². The first-order valence-corrected chi connectivity index (χ1v) is 17.1. The molecule has 0 saturated carbocycles. The Kier molecular flexibility index (Phi) is 9.56. The number of fused-ring (bicyclic) bond motifs is 3. The van der Waals surface area contributed by atoms with Crippen LogP contribution in [0.5, 0.6) is 5.75 Å². The molecule has 3 aromatic rings. The zero-order valence-electron chi connectivity index (χ0n) is 27.1. The lowest BCUT2D eigenvalue weighted by Crippen LogP contribution is -2.55. The van der Waals surface area contributed by atoms with E-state index < -0.39 is 62.4 Å². The summed E-state index contributed by atoms with van der Waals surface area (Å²) < 4.78 is 46.5. The van der Waals surface area contributed by atoms with Crippen LogP contribution >= 0.6 is 0 Å². The molecule has 2 saturated heterocycles. The number of nitro groups is 1. The molecule has 0 bridgehead atoms. The molecule has 3 heterocycles. The summed E-state index contributed by atoms with van der Waals surface area (Å²) in [6.07, 6.45) is 4.65. The molecule has 260 valence electrons. The van der Waals surface area contributed by atoms with Gasteiger partial charge in [0.05, 0.1) is 41.3 Å². The average Bonchev–Trinajstić information content (AvgIpc) is 3.56. The molecule has 3 aliphatic heterocycles. The summed E-state index contributed by atoms with van der Waals surface area (Å²) >= 11 is 0. The van der Waals surface area contributed by atoms with Gasteiger partial charge in [0, 0.05) is 38.7 Å². The van der Waals surface area contributed by atoms with Crippen LogP contribution in [0, 0.1) is 16.0 Å². The number of nitrogens with one attached hydrogen (secondary N) is 1. The Hall–Kier alpha value is -5.38. The van der Waals surface area contributed by atoms with E-state index >= 15 is 0 Å². The van der Waals surface area contributed by atoms with Crippen LogP contribution in [0.3, 0.4) is 0 Å². The number of hydrogen-bond donors (Lipinski definition) is 1. The number of nitro benzene ring substituents is 1. The zero-order valence-corrected chi connectivity index (χ0v) is 27.9. The number of likely N-dealkylation sites (tertiary alicyclic amines) is 1. The van der Waals surface area contributed by atoms with Crippen LogP contribution in [-0.4, -0.2) is 77.8 Å². The Morgan fingerprint density at radius 3 is 2.40 bits per heavy atom. The molecular formula is C35H34N4O10S. The van der Waals surface area contributed by atoms with Crippen molar-refractivity contribution in [1.29, 1.82) is 0 Å². The maximum absolute atomic E-state index is 14.8. The number of esters is 1. The van der Waals surface area contributed by atoms with Crippen molar-refractivity contribution < 1.29 is 41.9 Å². The minimum Gasteiger partial charge on any atom is -0.497 e. The maximum Gasteiger partial charge on any atom is 0.307 e. The number of rotatable bonds is 11. The highest BCUT2D eigenvalue weighted by atomic mass is 32.2. The maximum atomic E-state index is 14.8. The molecule has 5 atom stereocenters. The highest BCUT2D eigenvalue weighted by Gasteiger charge is 2.71. The molecule has 3 aliphatic rings. The van der Waals surface area contributed by atoms with Gasteiger partial charge in [-0.3, -0.25) is 24.5 Å². The summed E-state index contributed by atoms with van der Waals surface area (Å²) in [6.45, 7) is 1.14. The SMILES string of the molecule is COc1ccc(CN2C(=O)[C@@H]3[C@@H]4[C@@H](C=CCN4S(=O)(=O)c4ccc([N+](=O)[O-])cc4)O[C@]3(/C=C/OC(C)=O)[C@H]2C(=O)NCc2ccccc2)cc1. The highest BCUT2D eigenvalue weighted by Crippen LogP contribution is 2.52. The van der Waals surface area contributed by atoms with Crippen LogP contribution in [0.15, 0.2) is 108 Å². The molecule has 2 fully saturated rings. The monoisotopic (exact) mass is 702 g/mol. The van der Waals surface area contributed by atoms with E-state index in [9.17, 15) is 32.9 Å². The Balaban J connectivity index is 1.45. The molecule has 2 amide bonds. The number of carbonyl (C=O) groups excluding carboxylic acids is 3. The lowest BCUT2D eigenvalue weighted by molar-refractivity contribution is -0.384. The summed E-state index contributed by atoms with van der Waals surface area (Å²) in [6, 6.07) is 18.1. The molecule has 6 rings (SSSR count). The van der Waals surface area contributed by atoms with Gasteiger partial charge in [-0.1, -0.05) is 54.6 Å². The number of carbonyl (C=O) groups is 3. The van der Waals surface area contributed by atoms with E-state index in [0.717, 1.165) is 40.4 Å². The minimum atomic E-state index is -4.36. The van der Waals surface area contributed by atoms with Gasteiger partial charge in [-0.05, 0) is 41.5 Å². The second kappa shape index (κ2) is 13.9. The van der Waals surface area contributed by atoms with Crippen molar-refractivity contribution in [1.82, 2.24) is 14.5 Å². The van der Waals surface area contributed by atoms with E-state index in [2.05, 4.69) is 5.32 Å². The molecule has 0 spiro atoms. The van der Waals surface area contributed by atoms with Crippen LogP contribution in [0.4, 0.5) is 5.69 Å². The lowest BCUT2D eigenvalue weighted by Gasteiger charge is -2.35. The predicted octanol–water partition coefficient (Wildman–Crippen LogP) is 3.09. The molecule has 0 radical (unpaired) electrons. The second-order valence-electron chi connectivity index (χ2n) is 12.0. The number of nitrogens with zero attached hydrogens (tertiary/aromatic N) is 3. The van der Waals surface area contributed by atoms with Crippen molar-refractivity contribution in [2.75, 3.05) is 13.7 Å². The number of methoxy groups -OCH3 is 1. The van der Waals surface area contributed by atoms with Crippen molar-refractivity contribution in [3.05, 3.63) is 125 Å². The van der Waals surface area contributed by atoms with Crippen LogP contribution in [0.25, 0.3) is 0 Å². The Bertz CT molecular complexity index is 1950. The number of hydrogen-bond acceptors (Lipinski definition) is 10. The van der Waals surface area contributed by atoms with E-state index in [4.69, 9.17) is 14.2 Å². The number of sulfonamides is 1. The van der Waals surface area contributed by atoms with E-state index in [1.807, 2.05) is 30.3 Å². The summed E-state index contributed by atoms with van der Waals surface area (Å²) in [4.78, 5) is 52.7. The molecular weight excluding hydrogens is 668 g/mol. The lowest BCUT2D eigenvalue weighted by atomic mass is 9.81. The van der Waals surface area contributed by atoms with Crippen LogP contribution < -0.4 is 10.1 Å². The first kappa shape index (κ1) is 34.5. The predicted molar refractivity (Wildman–Crippen MR) is 178 cm³/mol. The minimum absolute atomic E-state index is 0.0441. The largest absolute Gasteiger partial charge is 0.497 e. The van der Waals surface area contributed by atoms with Crippen LogP contribution in [0.2, 0.25) is 0 Å². The molecule has 15 heteroatoms. The fourth-order valence-corrected chi connectivity index (χ4v) is 8.39. The van der Waals surface area contributed by atoms with E-state index in [0.29, 0.717) is 11.3 Å². The van der Waals surface area contributed by atoms with E-state index in [1.165, 1.54) is 25.0 Å². The van der Waals surface area contributed by atoms with Gasteiger partial charge in [0.1, 0.15) is 17.4 Å². The van der Waals surface area contributed by atoms with Gasteiger partial charge in [0.15, 0.2) is 0 Å². The molecule has 1 N–H and O–H groups in total. The molecule has 0 aliphatic carbocycles. The first-order chi connectivity index (χ1) is 24.0. The molecule has 50 heavy (non-hydrogen) atoms. The van der Waals surface area contributed by atoms with Crippen molar-refractivity contribution in [3.63, 3.8) is 0 Å². The van der Waals surface area contributed by atoms with Gasteiger partial charge in [-0.15, -0.1) is 0 Å². The number of ether oxygens (including phenoxy) is 3. The van der Waals surface area contributed by atoms with Gasteiger partial charge >= 0.3 is 5.97 Å². The summed E-state index contributed by atoms with van der Waals surface area (Å²) in [5.41, 5.74) is -0.622. The summed E-state index contributed by atoms with van der Waals surface area (Å²) in [5.74, 6) is -2.47. The smallest absolute Gasteiger partial charge is 0.307 e. The van der Waals surface area contributed by atoms with Gasteiger partial charge in [0.25, 0.3) is 5.69 Å². The number of non-ortho nitro benzene ring substituents is 1.